The molecule has 6 nitrogen and oxygen atoms in total. The van der Waals surface area contributed by atoms with Crippen molar-refractivity contribution < 1.29 is 13.2 Å². The molecule has 1 aromatic heterocycles. The van der Waals surface area contributed by atoms with Crippen molar-refractivity contribution in [2.45, 2.75) is 32.6 Å². The minimum Gasteiger partial charge on any atom is -0.476 e. The first-order chi connectivity index (χ1) is 9.99. The van der Waals surface area contributed by atoms with Crippen LogP contribution in [0, 0.1) is 0 Å². The van der Waals surface area contributed by atoms with Gasteiger partial charge in [-0.25, -0.2) is 13.4 Å². The smallest absolute Gasteiger partial charge is 0.238 e. The lowest BCUT2D eigenvalue weighted by atomic mass is 9.88. The molecule has 0 aromatic carbocycles. The second kappa shape index (κ2) is 7.28. The number of anilines is 1. The van der Waals surface area contributed by atoms with Crippen LogP contribution in [0.5, 0.6) is 5.88 Å². The predicted octanol–water partition coefficient (Wildman–Crippen LogP) is 2.08. The molecule has 7 heteroatoms. The van der Waals surface area contributed by atoms with Gasteiger partial charge in [0.2, 0.25) is 15.9 Å². The van der Waals surface area contributed by atoms with Crippen molar-refractivity contribution in [3.05, 3.63) is 17.8 Å². The van der Waals surface area contributed by atoms with Crippen LogP contribution >= 0.6 is 0 Å². The van der Waals surface area contributed by atoms with Crippen molar-refractivity contribution in [2.24, 2.45) is 0 Å². The van der Waals surface area contributed by atoms with Gasteiger partial charge in [0, 0.05) is 12.7 Å². The van der Waals surface area contributed by atoms with Crippen LogP contribution in [0.4, 0.5) is 5.69 Å². The molecule has 0 spiro atoms. The monoisotopic (exact) mass is 329 g/mol. The standard InChI is InChI=1S/C15H27N3O3S/c1-15(2,3)12-10-13(17-22(6,19)20)14(16-11-12)21-9-7-8-18(4)5/h10-11,17H,7-9H2,1-6H3. The van der Waals surface area contributed by atoms with Gasteiger partial charge >= 0.3 is 0 Å². The molecule has 0 bridgehead atoms. The van der Waals surface area contributed by atoms with Gasteiger partial charge in [-0.15, -0.1) is 0 Å². The summed E-state index contributed by atoms with van der Waals surface area (Å²) in [6.45, 7) is 7.52. The fourth-order valence-corrected chi connectivity index (χ4v) is 2.35. The second-order valence-electron chi connectivity index (χ2n) is 6.71. The third-order valence-corrected chi connectivity index (χ3v) is 3.59. The first kappa shape index (κ1) is 18.7. The predicted molar refractivity (Wildman–Crippen MR) is 90.1 cm³/mol. The lowest BCUT2D eigenvalue weighted by molar-refractivity contribution is 0.274. The largest absolute Gasteiger partial charge is 0.476 e. The maximum absolute atomic E-state index is 11.5. The van der Waals surface area contributed by atoms with Crippen LogP contribution in [0.15, 0.2) is 12.3 Å². The van der Waals surface area contributed by atoms with Crippen molar-refractivity contribution in [2.75, 3.05) is 38.2 Å². The number of nitrogens with zero attached hydrogens (tertiary/aromatic N) is 2. The van der Waals surface area contributed by atoms with Crippen LogP contribution < -0.4 is 9.46 Å². The van der Waals surface area contributed by atoms with E-state index in [-0.39, 0.29) is 5.41 Å². The summed E-state index contributed by atoms with van der Waals surface area (Å²) in [6.07, 6.45) is 3.69. The minimum atomic E-state index is -3.38. The number of ether oxygens (including phenoxy) is 1. The summed E-state index contributed by atoms with van der Waals surface area (Å²) in [5.74, 6) is 0.317. The van der Waals surface area contributed by atoms with E-state index in [0.717, 1.165) is 24.8 Å². The summed E-state index contributed by atoms with van der Waals surface area (Å²) < 4.78 is 31.2. The summed E-state index contributed by atoms with van der Waals surface area (Å²) in [4.78, 5) is 6.35. The Balaban J connectivity index is 2.95. The molecule has 0 saturated heterocycles. The molecule has 1 rings (SSSR count). The van der Waals surface area contributed by atoms with Gasteiger partial charge in [0.1, 0.15) is 5.69 Å². The summed E-state index contributed by atoms with van der Waals surface area (Å²) >= 11 is 0. The van der Waals surface area contributed by atoms with Crippen LogP contribution in [0.2, 0.25) is 0 Å². The highest BCUT2D eigenvalue weighted by Crippen LogP contribution is 2.30. The molecule has 1 N–H and O–H groups in total. The molecule has 0 saturated carbocycles. The SMILES string of the molecule is CN(C)CCCOc1ncc(C(C)(C)C)cc1NS(C)(=O)=O. The molecule has 1 heterocycles. The Morgan fingerprint density at radius 3 is 2.45 bits per heavy atom. The Kier molecular flexibility index (Phi) is 6.19. The van der Waals surface area contributed by atoms with Crippen LogP contribution in [0.3, 0.4) is 0 Å². The molecule has 0 atom stereocenters. The Bertz CT molecular complexity index is 593. The second-order valence-corrected chi connectivity index (χ2v) is 8.45. The molecule has 0 aliphatic carbocycles. The zero-order chi connectivity index (χ0) is 17.0. The van der Waals surface area contributed by atoms with Gasteiger partial charge < -0.3 is 9.64 Å². The van der Waals surface area contributed by atoms with E-state index in [9.17, 15) is 8.42 Å². The van der Waals surface area contributed by atoms with Gasteiger partial charge in [0.25, 0.3) is 0 Å². The molecular formula is C15H27N3O3S. The molecule has 126 valence electrons. The van der Waals surface area contributed by atoms with Gasteiger partial charge in [0.15, 0.2) is 0 Å². The van der Waals surface area contributed by atoms with E-state index in [1.54, 1.807) is 12.3 Å². The fourth-order valence-electron chi connectivity index (χ4n) is 1.80. The van der Waals surface area contributed by atoms with Crippen molar-refractivity contribution in [1.29, 1.82) is 0 Å². The number of sulfonamides is 1. The summed E-state index contributed by atoms with van der Waals surface area (Å²) in [5, 5.41) is 0. The van der Waals surface area contributed by atoms with Crippen molar-refractivity contribution >= 4 is 15.7 Å². The van der Waals surface area contributed by atoms with Crippen molar-refractivity contribution in [3.63, 3.8) is 0 Å². The Morgan fingerprint density at radius 1 is 1.32 bits per heavy atom. The molecule has 22 heavy (non-hydrogen) atoms. The normalized spacial score (nSPS) is 12.5. The summed E-state index contributed by atoms with van der Waals surface area (Å²) in [5.41, 5.74) is 1.21. The van der Waals surface area contributed by atoms with Crippen molar-refractivity contribution in [3.8, 4) is 5.88 Å². The lowest BCUT2D eigenvalue weighted by Crippen LogP contribution is -2.18. The molecule has 0 aliphatic heterocycles. The van der Waals surface area contributed by atoms with Gasteiger partial charge in [0.05, 0.1) is 12.9 Å². The average molecular weight is 329 g/mol. The molecule has 0 radical (unpaired) electrons. The first-order valence-corrected chi connectivity index (χ1v) is 9.14. The average Bonchev–Trinajstić information content (AvgIpc) is 2.32. The van der Waals surface area contributed by atoms with E-state index < -0.39 is 10.0 Å². The maximum Gasteiger partial charge on any atom is 0.238 e. The van der Waals surface area contributed by atoms with E-state index in [4.69, 9.17) is 4.74 Å². The lowest BCUT2D eigenvalue weighted by Gasteiger charge is -2.21. The summed E-state index contributed by atoms with van der Waals surface area (Å²) in [7, 11) is 0.602. The number of aromatic nitrogens is 1. The Morgan fingerprint density at radius 2 is 1.95 bits per heavy atom. The highest BCUT2D eigenvalue weighted by atomic mass is 32.2. The molecule has 0 fully saturated rings. The molecular weight excluding hydrogens is 302 g/mol. The third-order valence-electron chi connectivity index (χ3n) is 3.00. The molecule has 0 aliphatic rings. The third kappa shape index (κ3) is 6.62. The van der Waals surface area contributed by atoms with Gasteiger partial charge in [-0.05, 0) is 37.6 Å². The van der Waals surface area contributed by atoms with Crippen LogP contribution in [0.1, 0.15) is 32.8 Å². The zero-order valence-electron chi connectivity index (χ0n) is 14.3. The van der Waals surface area contributed by atoms with Crippen LogP contribution in [-0.2, 0) is 15.4 Å². The van der Waals surface area contributed by atoms with E-state index in [1.807, 2.05) is 34.9 Å². The number of hydrogen-bond acceptors (Lipinski definition) is 5. The number of nitrogens with one attached hydrogen (secondary N) is 1. The summed E-state index contributed by atoms with van der Waals surface area (Å²) in [6, 6.07) is 1.79. The first-order valence-electron chi connectivity index (χ1n) is 7.25. The Labute approximate surface area is 133 Å². The van der Waals surface area contributed by atoms with Crippen LogP contribution in [0.25, 0.3) is 0 Å². The van der Waals surface area contributed by atoms with E-state index >= 15 is 0 Å². The maximum atomic E-state index is 11.5. The van der Waals surface area contributed by atoms with Crippen molar-refractivity contribution in [1.82, 2.24) is 9.88 Å². The number of rotatable bonds is 7. The van der Waals surface area contributed by atoms with E-state index in [0.29, 0.717) is 18.2 Å². The van der Waals surface area contributed by atoms with Gasteiger partial charge in [-0.3, -0.25) is 4.72 Å². The quantitative estimate of drug-likeness (QED) is 0.776. The topological polar surface area (TPSA) is 71.5 Å². The van der Waals surface area contributed by atoms with E-state index in [1.165, 1.54) is 0 Å². The fraction of sp³-hybridized carbons (Fsp3) is 0.667. The zero-order valence-corrected chi connectivity index (χ0v) is 15.1. The molecule has 0 amide bonds. The molecule has 1 aromatic rings. The highest BCUT2D eigenvalue weighted by molar-refractivity contribution is 7.92. The number of hydrogen-bond donors (Lipinski definition) is 1. The minimum absolute atomic E-state index is 0.121. The molecule has 0 unspecified atom stereocenters. The van der Waals surface area contributed by atoms with Gasteiger partial charge in [-0.1, -0.05) is 20.8 Å². The highest BCUT2D eigenvalue weighted by Gasteiger charge is 2.18. The Hall–Kier alpha value is -1.34. The van der Waals surface area contributed by atoms with Gasteiger partial charge in [-0.2, -0.15) is 0 Å². The van der Waals surface area contributed by atoms with Crippen LogP contribution in [-0.4, -0.2) is 51.8 Å². The number of pyridine rings is 1. The van der Waals surface area contributed by atoms with E-state index in [2.05, 4.69) is 14.6 Å².